The Balaban J connectivity index is 1.46. The van der Waals surface area contributed by atoms with Crippen LogP contribution in [0.25, 0.3) is 0 Å². The van der Waals surface area contributed by atoms with Crippen LogP contribution in [-0.4, -0.2) is 65.1 Å². The van der Waals surface area contributed by atoms with E-state index in [4.69, 9.17) is 0 Å². The molecule has 1 N–H and O–H groups in total. The summed E-state index contributed by atoms with van der Waals surface area (Å²) < 4.78 is 1.96. The van der Waals surface area contributed by atoms with Gasteiger partial charge in [0, 0.05) is 31.9 Å². The number of aromatic nitrogens is 3. The lowest BCUT2D eigenvalue weighted by atomic mass is 10.0. The summed E-state index contributed by atoms with van der Waals surface area (Å²) in [5.41, 5.74) is 2.61. The summed E-state index contributed by atoms with van der Waals surface area (Å²) in [5, 5.41) is 12.0. The van der Waals surface area contributed by atoms with Crippen molar-refractivity contribution >= 4 is 11.6 Å². The molecule has 0 saturated carbocycles. The number of carbonyl (C=O) groups is 1. The molecule has 0 aliphatic carbocycles. The van der Waals surface area contributed by atoms with E-state index in [1.165, 1.54) is 5.69 Å². The molecule has 3 heterocycles. The predicted molar refractivity (Wildman–Crippen MR) is 110 cm³/mol. The highest BCUT2D eigenvalue weighted by Gasteiger charge is 2.30. The Labute approximate surface area is 166 Å². The van der Waals surface area contributed by atoms with Crippen LogP contribution >= 0.6 is 0 Å². The fraction of sp³-hybridized carbons (Fsp3) is 0.571. The summed E-state index contributed by atoms with van der Waals surface area (Å²) in [5.74, 6) is -0.0161. The third kappa shape index (κ3) is 3.76. The molecular formula is C21H30N6O. The molecule has 0 spiro atoms. The predicted octanol–water partition coefficient (Wildman–Crippen LogP) is 2.25. The van der Waals surface area contributed by atoms with Crippen molar-refractivity contribution in [3.8, 4) is 0 Å². The van der Waals surface area contributed by atoms with Crippen molar-refractivity contribution in [1.29, 1.82) is 0 Å². The summed E-state index contributed by atoms with van der Waals surface area (Å²) in [4.78, 5) is 17.4. The molecule has 1 aromatic heterocycles. The van der Waals surface area contributed by atoms with Crippen molar-refractivity contribution in [3.63, 3.8) is 0 Å². The average molecular weight is 383 g/mol. The van der Waals surface area contributed by atoms with Crippen LogP contribution in [-0.2, 0) is 0 Å². The van der Waals surface area contributed by atoms with Crippen LogP contribution in [0.1, 0.15) is 47.9 Å². The van der Waals surface area contributed by atoms with E-state index in [-0.39, 0.29) is 11.9 Å². The first-order valence-electron chi connectivity index (χ1n) is 10.3. The van der Waals surface area contributed by atoms with Gasteiger partial charge in [-0.25, -0.2) is 4.68 Å². The Morgan fingerprint density at radius 2 is 1.93 bits per heavy atom. The van der Waals surface area contributed by atoms with Crippen LogP contribution < -0.4 is 10.2 Å². The number of likely N-dealkylation sites (N-methyl/N-ethyl adjacent to an activating group) is 1. The monoisotopic (exact) mass is 382 g/mol. The number of amides is 1. The largest absolute Gasteiger partial charge is 0.369 e. The highest BCUT2D eigenvalue weighted by atomic mass is 16.2. The highest BCUT2D eigenvalue weighted by molar-refractivity contribution is 5.93. The number of benzene rings is 1. The van der Waals surface area contributed by atoms with Gasteiger partial charge in [-0.1, -0.05) is 23.4 Å². The van der Waals surface area contributed by atoms with Gasteiger partial charge in [-0.2, -0.15) is 0 Å². The molecule has 0 bridgehead atoms. The normalized spacial score (nSPS) is 20.9. The third-order valence-corrected chi connectivity index (χ3v) is 6.17. The molecule has 7 nitrogen and oxygen atoms in total. The molecule has 1 amide bonds. The Hall–Kier alpha value is -2.41. The van der Waals surface area contributed by atoms with Gasteiger partial charge in [0.25, 0.3) is 5.91 Å². The number of anilines is 1. The molecule has 2 fully saturated rings. The standard InChI is InChI=1S/C21H30N6O/c1-16-20(23-24-27(16)18-10-12-22-13-11-18)21(28)25(2)19-9-6-14-26(15-19)17-7-4-3-5-8-17/h3-5,7-8,18-19,22H,6,9-15H2,1-2H3. The van der Waals surface area contributed by atoms with E-state index in [0.717, 1.165) is 57.6 Å². The molecule has 2 aliphatic heterocycles. The van der Waals surface area contributed by atoms with E-state index in [1.54, 1.807) is 0 Å². The van der Waals surface area contributed by atoms with Gasteiger partial charge in [-0.05, 0) is 57.8 Å². The first-order chi connectivity index (χ1) is 13.6. The van der Waals surface area contributed by atoms with E-state index in [2.05, 4.69) is 44.8 Å². The lowest BCUT2D eigenvalue weighted by molar-refractivity contribution is 0.0710. The molecular weight excluding hydrogens is 352 g/mol. The Morgan fingerprint density at radius 3 is 2.68 bits per heavy atom. The molecule has 4 rings (SSSR count). The van der Waals surface area contributed by atoms with Crippen molar-refractivity contribution in [2.24, 2.45) is 0 Å². The molecule has 28 heavy (non-hydrogen) atoms. The van der Waals surface area contributed by atoms with E-state index in [1.807, 2.05) is 29.6 Å². The SMILES string of the molecule is Cc1c(C(=O)N(C)C2CCCN(c3ccccc3)C2)nnn1C1CCNCC1. The van der Waals surface area contributed by atoms with Crippen molar-refractivity contribution in [3.05, 3.63) is 41.7 Å². The van der Waals surface area contributed by atoms with Crippen molar-refractivity contribution in [1.82, 2.24) is 25.2 Å². The minimum Gasteiger partial charge on any atom is -0.369 e. The Bertz CT molecular complexity index is 798. The number of hydrogen-bond donors (Lipinski definition) is 1. The fourth-order valence-corrected chi connectivity index (χ4v) is 4.41. The Morgan fingerprint density at radius 1 is 1.18 bits per heavy atom. The van der Waals surface area contributed by atoms with Crippen LogP contribution in [0, 0.1) is 6.92 Å². The summed E-state index contributed by atoms with van der Waals surface area (Å²) in [6.07, 6.45) is 4.16. The summed E-state index contributed by atoms with van der Waals surface area (Å²) in [6.45, 7) is 5.84. The molecule has 2 aliphatic rings. The van der Waals surface area contributed by atoms with E-state index in [9.17, 15) is 4.79 Å². The van der Waals surface area contributed by atoms with Crippen LogP contribution in [0.15, 0.2) is 30.3 Å². The molecule has 150 valence electrons. The first kappa shape index (κ1) is 18.9. The van der Waals surface area contributed by atoms with E-state index >= 15 is 0 Å². The van der Waals surface area contributed by atoms with Gasteiger partial charge < -0.3 is 15.1 Å². The maximum absolute atomic E-state index is 13.2. The second kappa shape index (κ2) is 8.31. The van der Waals surface area contributed by atoms with Crippen molar-refractivity contribution in [2.75, 3.05) is 38.1 Å². The minimum atomic E-state index is -0.0161. The quantitative estimate of drug-likeness (QED) is 0.879. The zero-order valence-corrected chi connectivity index (χ0v) is 16.8. The summed E-state index contributed by atoms with van der Waals surface area (Å²) >= 11 is 0. The van der Waals surface area contributed by atoms with Gasteiger partial charge in [0.2, 0.25) is 0 Å². The van der Waals surface area contributed by atoms with Crippen LogP contribution in [0.4, 0.5) is 5.69 Å². The number of nitrogens with one attached hydrogen (secondary N) is 1. The van der Waals surface area contributed by atoms with Gasteiger partial charge in [-0.3, -0.25) is 4.79 Å². The van der Waals surface area contributed by atoms with Crippen molar-refractivity contribution < 1.29 is 4.79 Å². The zero-order valence-electron chi connectivity index (χ0n) is 16.8. The molecule has 1 unspecified atom stereocenters. The maximum atomic E-state index is 13.2. The number of rotatable bonds is 4. The van der Waals surface area contributed by atoms with Gasteiger partial charge in [0.1, 0.15) is 0 Å². The summed E-state index contributed by atoms with van der Waals surface area (Å²) in [6, 6.07) is 11.0. The molecule has 2 saturated heterocycles. The zero-order chi connectivity index (χ0) is 19.5. The second-order valence-corrected chi connectivity index (χ2v) is 7.94. The number of hydrogen-bond acceptors (Lipinski definition) is 5. The van der Waals surface area contributed by atoms with Crippen LogP contribution in [0.5, 0.6) is 0 Å². The van der Waals surface area contributed by atoms with Gasteiger partial charge in [0.15, 0.2) is 5.69 Å². The smallest absolute Gasteiger partial charge is 0.276 e. The van der Waals surface area contributed by atoms with Gasteiger partial charge >= 0.3 is 0 Å². The highest BCUT2D eigenvalue weighted by Crippen LogP contribution is 2.24. The number of carbonyl (C=O) groups excluding carboxylic acids is 1. The molecule has 1 atom stereocenters. The number of para-hydroxylation sites is 1. The second-order valence-electron chi connectivity index (χ2n) is 7.94. The molecule has 0 radical (unpaired) electrons. The van der Waals surface area contributed by atoms with Gasteiger partial charge in [-0.15, -0.1) is 5.10 Å². The number of piperidine rings is 2. The minimum absolute atomic E-state index is 0.0161. The lowest BCUT2D eigenvalue weighted by Crippen LogP contribution is -2.48. The number of nitrogens with zero attached hydrogens (tertiary/aromatic N) is 5. The first-order valence-corrected chi connectivity index (χ1v) is 10.3. The molecule has 2 aromatic rings. The Kier molecular flexibility index (Phi) is 5.62. The van der Waals surface area contributed by atoms with Crippen LogP contribution in [0.3, 0.4) is 0 Å². The average Bonchev–Trinajstić information content (AvgIpc) is 3.15. The van der Waals surface area contributed by atoms with E-state index in [0.29, 0.717) is 11.7 Å². The van der Waals surface area contributed by atoms with E-state index < -0.39 is 0 Å². The maximum Gasteiger partial charge on any atom is 0.276 e. The van der Waals surface area contributed by atoms with Crippen molar-refractivity contribution in [2.45, 2.75) is 44.7 Å². The van der Waals surface area contributed by atoms with Crippen LogP contribution in [0.2, 0.25) is 0 Å². The third-order valence-electron chi connectivity index (χ3n) is 6.17. The lowest BCUT2D eigenvalue weighted by Gasteiger charge is -2.38. The topological polar surface area (TPSA) is 66.3 Å². The molecule has 7 heteroatoms. The fourth-order valence-electron chi connectivity index (χ4n) is 4.41. The van der Waals surface area contributed by atoms with Gasteiger partial charge in [0.05, 0.1) is 11.7 Å². The summed E-state index contributed by atoms with van der Waals surface area (Å²) in [7, 11) is 1.91. The molecule has 1 aromatic carbocycles.